The maximum atomic E-state index is 11.7. The van der Waals surface area contributed by atoms with Crippen LogP contribution in [0, 0.1) is 0 Å². The fraction of sp³-hybridized carbons (Fsp3) is 0.667. The first-order valence-corrected chi connectivity index (χ1v) is 10.8. The number of hydrogen-bond donors (Lipinski definition) is 0. The van der Waals surface area contributed by atoms with E-state index in [2.05, 4.69) is 18.7 Å². The van der Waals surface area contributed by atoms with E-state index < -0.39 is 25.9 Å². The monoisotopic (exact) mass is 309 g/mol. The van der Waals surface area contributed by atoms with Gasteiger partial charge in [-0.3, -0.25) is 9.59 Å². The third-order valence-corrected chi connectivity index (χ3v) is 8.91. The van der Waals surface area contributed by atoms with Crippen LogP contribution in [-0.4, -0.2) is 30.9 Å². The zero-order valence-corrected chi connectivity index (χ0v) is 13.6. The summed E-state index contributed by atoms with van der Waals surface area (Å²) in [4.78, 5) is 39.3. The third kappa shape index (κ3) is 4.52. The second kappa shape index (κ2) is 7.02. The second-order valence-corrected chi connectivity index (χ2v) is 11.4. The quantitative estimate of drug-likeness (QED) is 0.445. The summed E-state index contributed by atoms with van der Waals surface area (Å²) in [5.74, 6) is -1.29. The van der Waals surface area contributed by atoms with Gasteiger partial charge in [-0.2, -0.15) is 0 Å². The molecule has 1 fully saturated rings. The maximum absolute atomic E-state index is 11.7. The summed E-state index contributed by atoms with van der Waals surface area (Å²) in [6.45, 7) is 2.40. The molecule has 21 heavy (non-hydrogen) atoms. The van der Waals surface area contributed by atoms with E-state index in [1.807, 2.05) is 0 Å². The van der Waals surface area contributed by atoms with E-state index in [4.69, 9.17) is 4.84 Å². The number of allylic oxidation sites excluding steroid dienone is 2. The number of carbonyl (C=O) groups is 3. The first-order valence-electron chi connectivity index (χ1n) is 7.72. The minimum Gasteiger partial charge on any atom is -0.330 e. The topological polar surface area (TPSA) is 63.7 Å². The molecule has 6 heteroatoms. The van der Waals surface area contributed by atoms with Crippen LogP contribution in [0.25, 0.3) is 0 Å². The number of carbonyl (C=O) groups excluding carboxylic acids is 3. The Kier molecular flexibility index (Phi) is 5.33. The molecular weight excluding hydrogens is 286 g/mol. The molecule has 2 aliphatic rings. The van der Waals surface area contributed by atoms with Crippen molar-refractivity contribution in [3.63, 3.8) is 0 Å². The lowest BCUT2D eigenvalue weighted by Gasteiger charge is -2.25. The number of amides is 2. The molecule has 2 amide bonds. The molecule has 0 aromatic heterocycles. The van der Waals surface area contributed by atoms with Gasteiger partial charge in [-0.25, -0.2) is 4.79 Å². The van der Waals surface area contributed by atoms with Gasteiger partial charge in [-0.1, -0.05) is 36.8 Å². The van der Waals surface area contributed by atoms with Crippen molar-refractivity contribution in [1.29, 1.82) is 0 Å². The largest absolute Gasteiger partial charge is 0.333 e. The van der Waals surface area contributed by atoms with Gasteiger partial charge in [-0.15, -0.1) is 5.06 Å². The summed E-state index contributed by atoms with van der Waals surface area (Å²) in [5.41, 5.74) is 0. The average molecular weight is 309 g/mol. The molecule has 0 unspecified atom stereocenters. The Labute approximate surface area is 126 Å². The van der Waals surface area contributed by atoms with Crippen molar-refractivity contribution < 1.29 is 19.2 Å². The van der Waals surface area contributed by atoms with Gasteiger partial charge in [0, 0.05) is 19.3 Å². The highest BCUT2D eigenvalue weighted by Gasteiger charge is 2.33. The Morgan fingerprint density at radius 3 is 2.33 bits per heavy atom. The van der Waals surface area contributed by atoms with E-state index in [-0.39, 0.29) is 19.3 Å². The van der Waals surface area contributed by atoms with Gasteiger partial charge in [0.25, 0.3) is 11.8 Å². The van der Waals surface area contributed by atoms with Crippen molar-refractivity contribution in [2.75, 3.05) is 0 Å². The molecule has 116 valence electrons. The summed E-state index contributed by atoms with van der Waals surface area (Å²) < 4.78 is 0. The molecule has 0 aromatic carbocycles. The van der Waals surface area contributed by atoms with Gasteiger partial charge in [0.2, 0.25) is 0 Å². The van der Waals surface area contributed by atoms with Gasteiger partial charge in [0.15, 0.2) is 0 Å². The molecular formula is C15H23NO4Si. The summed E-state index contributed by atoms with van der Waals surface area (Å²) in [6.07, 6.45) is 8.20. The lowest BCUT2D eigenvalue weighted by molar-refractivity contribution is -0.197. The number of rotatable bonds is 5. The van der Waals surface area contributed by atoms with Crippen LogP contribution in [0.4, 0.5) is 0 Å². The molecule has 0 radical (unpaired) electrons. The molecule has 0 spiro atoms. The zero-order valence-electron chi connectivity index (χ0n) is 12.6. The van der Waals surface area contributed by atoms with E-state index in [9.17, 15) is 14.4 Å². The maximum Gasteiger partial charge on any atom is 0.333 e. The highest BCUT2D eigenvalue weighted by atomic mass is 28.3. The standard InChI is InChI=1S/C15H23NO4Si/c1-21(10-4-2-3-5-11-21)12-6-7-15(19)20-16-13(17)8-9-14(16)18/h2-3H,4-12H2,1H3. The molecule has 0 N–H and O–H groups in total. The lowest BCUT2D eigenvalue weighted by atomic mass is 10.3. The fourth-order valence-electron chi connectivity index (χ4n) is 2.94. The first-order chi connectivity index (χ1) is 10.0. The van der Waals surface area contributed by atoms with Gasteiger partial charge in [0.05, 0.1) is 8.07 Å². The number of imide groups is 1. The molecule has 0 aromatic rings. The molecule has 0 aliphatic carbocycles. The predicted molar refractivity (Wildman–Crippen MR) is 80.8 cm³/mol. The average Bonchev–Trinajstić information content (AvgIpc) is 2.65. The van der Waals surface area contributed by atoms with Crippen molar-refractivity contribution >= 4 is 25.9 Å². The molecule has 2 rings (SSSR count). The molecule has 0 atom stereocenters. The van der Waals surface area contributed by atoms with E-state index >= 15 is 0 Å². The summed E-state index contributed by atoms with van der Waals surface area (Å²) in [7, 11) is -1.24. The van der Waals surface area contributed by atoms with E-state index in [0.717, 1.165) is 25.3 Å². The van der Waals surface area contributed by atoms with Crippen molar-refractivity contribution in [3.8, 4) is 0 Å². The Hall–Kier alpha value is -1.43. The summed E-state index contributed by atoms with van der Waals surface area (Å²) in [5, 5.41) is 0.636. The predicted octanol–water partition coefficient (Wildman–Crippen LogP) is 2.80. The Balaban J connectivity index is 1.71. The van der Waals surface area contributed by atoms with E-state index in [1.54, 1.807) is 0 Å². The van der Waals surface area contributed by atoms with Crippen LogP contribution in [0.15, 0.2) is 12.2 Å². The molecule has 0 bridgehead atoms. The van der Waals surface area contributed by atoms with Gasteiger partial charge >= 0.3 is 5.97 Å². The smallest absolute Gasteiger partial charge is 0.330 e. The molecule has 1 saturated heterocycles. The van der Waals surface area contributed by atoms with Crippen LogP contribution < -0.4 is 0 Å². The van der Waals surface area contributed by atoms with Crippen molar-refractivity contribution in [1.82, 2.24) is 5.06 Å². The molecule has 2 heterocycles. The summed E-state index contributed by atoms with van der Waals surface area (Å²) >= 11 is 0. The van der Waals surface area contributed by atoms with Gasteiger partial charge in [0.1, 0.15) is 0 Å². The zero-order chi connectivity index (χ0) is 15.3. The lowest BCUT2D eigenvalue weighted by Crippen LogP contribution is -2.32. The highest BCUT2D eigenvalue weighted by Crippen LogP contribution is 2.29. The second-order valence-electron chi connectivity index (χ2n) is 6.26. The van der Waals surface area contributed by atoms with Crippen LogP contribution in [-0.2, 0) is 19.2 Å². The first kappa shape index (κ1) is 15.9. The normalized spacial score (nSPS) is 21.5. The molecule has 5 nitrogen and oxygen atoms in total. The van der Waals surface area contributed by atoms with Crippen LogP contribution in [0.1, 0.15) is 38.5 Å². The SMILES string of the molecule is C[Si]1(CCCC(=O)ON2C(=O)CCC2=O)CCC=CCC1. The fourth-order valence-corrected chi connectivity index (χ4v) is 6.45. The van der Waals surface area contributed by atoms with Gasteiger partial charge < -0.3 is 4.84 Å². The van der Waals surface area contributed by atoms with E-state index in [1.165, 1.54) is 12.1 Å². The number of hydroxylamine groups is 2. The Morgan fingerprint density at radius 2 is 1.76 bits per heavy atom. The van der Waals surface area contributed by atoms with Crippen molar-refractivity contribution in [3.05, 3.63) is 12.2 Å². The van der Waals surface area contributed by atoms with E-state index in [0.29, 0.717) is 5.06 Å². The minimum absolute atomic E-state index is 0.143. The van der Waals surface area contributed by atoms with Crippen LogP contribution in [0.5, 0.6) is 0 Å². The molecule has 2 aliphatic heterocycles. The Bertz CT molecular complexity index is 435. The van der Waals surface area contributed by atoms with Gasteiger partial charge in [-0.05, 0) is 19.3 Å². The van der Waals surface area contributed by atoms with Crippen LogP contribution in [0.3, 0.4) is 0 Å². The number of hydrogen-bond acceptors (Lipinski definition) is 4. The van der Waals surface area contributed by atoms with Crippen LogP contribution in [0.2, 0.25) is 24.7 Å². The number of nitrogens with zero attached hydrogens (tertiary/aromatic N) is 1. The Morgan fingerprint density at radius 1 is 1.19 bits per heavy atom. The highest BCUT2D eigenvalue weighted by molar-refractivity contribution is 6.78. The summed E-state index contributed by atoms with van der Waals surface area (Å²) in [6, 6.07) is 3.66. The minimum atomic E-state index is -1.24. The van der Waals surface area contributed by atoms with Crippen molar-refractivity contribution in [2.45, 2.75) is 63.2 Å². The molecule has 0 saturated carbocycles. The van der Waals surface area contributed by atoms with Crippen molar-refractivity contribution in [2.24, 2.45) is 0 Å². The van der Waals surface area contributed by atoms with Crippen LogP contribution >= 0.6 is 0 Å². The third-order valence-electron chi connectivity index (χ3n) is 4.36.